The van der Waals surface area contributed by atoms with Crippen molar-refractivity contribution in [2.24, 2.45) is 5.92 Å². The molecule has 2 fully saturated rings. The maximum atomic E-state index is 12.2. The fourth-order valence-corrected chi connectivity index (χ4v) is 5.61. The molecule has 8 heteroatoms. The SMILES string of the molecule is CS(=O)(=O)CCS(=O)(=O)N1CCCC(CNC2CC2)C1. The van der Waals surface area contributed by atoms with Crippen LogP contribution in [0.3, 0.4) is 0 Å². The maximum absolute atomic E-state index is 12.2. The summed E-state index contributed by atoms with van der Waals surface area (Å²) in [5, 5.41) is 3.44. The van der Waals surface area contributed by atoms with E-state index >= 15 is 0 Å². The topological polar surface area (TPSA) is 83.5 Å². The van der Waals surface area contributed by atoms with Crippen molar-refractivity contribution in [3.63, 3.8) is 0 Å². The molecule has 2 rings (SSSR count). The van der Waals surface area contributed by atoms with Gasteiger partial charge in [0.25, 0.3) is 0 Å². The molecule has 1 heterocycles. The average Bonchev–Trinajstić information content (AvgIpc) is 3.18. The second-order valence-electron chi connectivity index (χ2n) is 5.99. The van der Waals surface area contributed by atoms with Gasteiger partial charge in [-0.15, -0.1) is 0 Å². The van der Waals surface area contributed by atoms with Gasteiger partial charge >= 0.3 is 0 Å². The molecular weight excluding hydrogens is 300 g/mol. The molecule has 2 aliphatic rings. The molecule has 1 atom stereocenters. The smallest absolute Gasteiger partial charge is 0.215 e. The van der Waals surface area contributed by atoms with E-state index in [0.29, 0.717) is 25.0 Å². The highest BCUT2D eigenvalue weighted by Gasteiger charge is 2.30. The third kappa shape index (κ3) is 5.31. The van der Waals surface area contributed by atoms with E-state index in [2.05, 4.69) is 5.32 Å². The number of sulfone groups is 1. The zero-order valence-corrected chi connectivity index (χ0v) is 13.5. The van der Waals surface area contributed by atoms with Gasteiger partial charge in [-0.3, -0.25) is 0 Å². The van der Waals surface area contributed by atoms with Crippen LogP contribution in [0.4, 0.5) is 0 Å². The highest BCUT2D eigenvalue weighted by Crippen LogP contribution is 2.22. The van der Waals surface area contributed by atoms with Crippen molar-refractivity contribution in [1.82, 2.24) is 9.62 Å². The van der Waals surface area contributed by atoms with Gasteiger partial charge in [0.1, 0.15) is 9.84 Å². The van der Waals surface area contributed by atoms with Crippen LogP contribution in [-0.4, -0.2) is 64.6 Å². The Morgan fingerprint density at radius 1 is 1.10 bits per heavy atom. The second kappa shape index (κ2) is 6.29. The van der Waals surface area contributed by atoms with Crippen molar-refractivity contribution in [1.29, 1.82) is 0 Å². The van der Waals surface area contributed by atoms with Crippen LogP contribution in [-0.2, 0) is 19.9 Å². The van der Waals surface area contributed by atoms with E-state index in [-0.39, 0.29) is 11.5 Å². The Morgan fingerprint density at radius 3 is 2.40 bits per heavy atom. The first-order chi connectivity index (χ1) is 9.26. The molecule has 1 aliphatic carbocycles. The lowest BCUT2D eigenvalue weighted by Gasteiger charge is -2.32. The molecule has 1 aliphatic heterocycles. The molecule has 0 bridgehead atoms. The quantitative estimate of drug-likeness (QED) is 0.703. The fraction of sp³-hybridized carbons (Fsp3) is 1.00. The van der Waals surface area contributed by atoms with Crippen molar-refractivity contribution in [2.75, 3.05) is 37.4 Å². The molecular formula is C12H24N2O4S2. The minimum Gasteiger partial charge on any atom is -0.314 e. The Balaban J connectivity index is 1.85. The number of nitrogens with zero attached hydrogens (tertiary/aromatic N) is 1. The van der Waals surface area contributed by atoms with E-state index in [4.69, 9.17) is 0 Å². The van der Waals surface area contributed by atoms with Crippen LogP contribution in [0.5, 0.6) is 0 Å². The molecule has 0 aromatic rings. The molecule has 1 saturated carbocycles. The Hall–Kier alpha value is -0.180. The summed E-state index contributed by atoms with van der Waals surface area (Å²) in [6, 6.07) is 0.632. The molecule has 118 valence electrons. The summed E-state index contributed by atoms with van der Waals surface area (Å²) in [5.41, 5.74) is 0. The Bertz CT molecular complexity index is 526. The van der Waals surface area contributed by atoms with Gasteiger partial charge in [0.05, 0.1) is 11.5 Å². The molecule has 0 amide bonds. The molecule has 1 N–H and O–H groups in total. The summed E-state index contributed by atoms with van der Waals surface area (Å²) >= 11 is 0. The van der Waals surface area contributed by atoms with E-state index in [1.165, 1.54) is 17.1 Å². The van der Waals surface area contributed by atoms with Crippen LogP contribution in [0.2, 0.25) is 0 Å². The summed E-state index contributed by atoms with van der Waals surface area (Å²) in [7, 11) is -6.69. The zero-order valence-electron chi connectivity index (χ0n) is 11.9. The van der Waals surface area contributed by atoms with E-state index in [1.54, 1.807) is 0 Å². The molecule has 1 saturated heterocycles. The monoisotopic (exact) mass is 324 g/mol. The molecule has 0 radical (unpaired) electrons. The zero-order chi connectivity index (χ0) is 14.8. The third-order valence-corrected chi connectivity index (χ3v) is 6.90. The minimum atomic E-state index is -3.45. The highest BCUT2D eigenvalue weighted by atomic mass is 32.2. The largest absolute Gasteiger partial charge is 0.314 e. The van der Waals surface area contributed by atoms with Crippen molar-refractivity contribution >= 4 is 19.9 Å². The number of nitrogens with one attached hydrogen (secondary N) is 1. The van der Waals surface area contributed by atoms with Gasteiger partial charge in [-0.25, -0.2) is 21.1 Å². The van der Waals surface area contributed by atoms with E-state index in [0.717, 1.165) is 25.6 Å². The van der Waals surface area contributed by atoms with Crippen LogP contribution in [0, 0.1) is 5.92 Å². The molecule has 0 aromatic heterocycles. The van der Waals surface area contributed by atoms with E-state index in [9.17, 15) is 16.8 Å². The summed E-state index contributed by atoms with van der Waals surface area (Å²) < 4.78 is 48.0. The highest BCUT2D eigenvalue weighted by molar-refractivity contribution is 7.93. The molecule has 0 aromatic carbocycles. The van der Waals surface area contributed by atoms with Crippen LogP contribution < -0.4 is 5.32 Å². The lowest BCUT2D eigenvalue weighted by Crippen LogP contribution is -2.44. The van der Waals surface area contributed by atoms with Crippen LogP contribution in [0.15, 0.2) is 0 Å². The normalized spacial score (nSPS) is 25.8. The van der Waals surface area contributed by atoms with Crippen molar-refractivity contribution in [3.05, 3.63) is 0 Å². The maximum Gasteiger partial charge on any atom is 0.215 e. The first-order valence-electron chi connectivity index (χ1n) is 7.15. The predicted molar refractivity (Wildman–Crippen MR) is 78.8 cm³/mol. The van der Waals surface area contributed by atoms with Crippen molar-refractivity contribution < 1.29 is 16.8 Å². The summed E-state index contributed by atoms with van der Waals surface area (Å²) in [6.07, 6.45) is 5.42. The summed E-state index contributed by atoms with van der Waals surface area (Å²) in [6.45, 7) is 1.90. The second-order valence-corrected chi connectivity index (χ2v) is 10.3. The van der Waals surface area contributed by atoms with Gasteiger partial charge < -0.3 is 5.32 Å². The van der Waals surface area contributed by atoms with Gasteiger partial charge in [-0.1, -0.05) is 0 Å². The molecule has 0 spiro atoms. The van der Waals surface area contributed by atoms with Crippen LogP contribution in [0.1, 0.15) is 25.7 Å². The van der Waals surface area contributed by atoms with Gasteiger partial charge in [0.15, 0.2) is 0 Å². The van der Waals surface area contributed by atoms with Crippen molar-refractivity contribution in [3.8, 4) is 0 Å². The van der Waals surface area contributed by atoms with Crippen molar-refractivity contribution in [2.45, 2.75) is 31.7 Å². The summed E-state index contributed by atoms with van der Waals surface area (Å²) in [4.78, 5) is 0. The number of hydrogen-bond donors (Lipinski definition) is 1. The number of piperidine rings is 1. The van der Waals surface area contributed by atoms with Gasteiger partial charge in [0.2, 0.25) is 10.0 Å². The number of rotatable bonds is 7. The Morgan fingerprint density at radius 2 is 1.80 bits per heavy atom. The third-order valence-electron chi connectivity index (χ3n) is 3.86. The lowest BCUT2D eigenvalue weighted by molar-refractivity contribution is 0.260. The molecule has 6 nitrogen and oxygen atoms in total. The van der Waals surface area contributed by atoms with Gasteiger partial charge in [-0.2, -0.15) is 0 Å². The average molecular weight is 324 g/mol. The van der Waals surface area contributed by atoms with E-state index in [1.807, 2.05) is 0 Å². The first kappa shape index (κ1) is 16.2. The van der Waals surface area contributed by atoms with Gasteiger partial charge in [-0.05, 0) is 38.1 Å². The van der Waals surface area contributed by atoms with Crippen LogP contribution in [0.25, 0.3) is 0 Å². The summed E-state index contributed by atoms with van der Waals surface area (Å²) in [5.74, 6) is -0.247. The van der Waals surface area contributed by atoms with Gasteiger partial charge in [0, 0.05) is 25.4 Å². The van der Waals surface area contributed by atoms with E-state index < -0.39 is 19.9 Å². The molecule has 20 heavy (non-hydrogen) atoms. The molecule has 1 unspecified atom stereocenters. The number of sulfonamides is 1. The predicted octanol–water partition coefficient (Wildman–Crippen LogP) is -0.175. The first-order valence-corrected chi connectivity index (χ1v) is 10.8. The standard InChI is InChI=1S/C12H24N2O4S2/c1-19(15,16)7-8-20(17,18)14-6-2-3-11(10-14)9-13-12-4-5-12/h11-13H,2-10H2,1H3. The Labute approximate surface area is 121 Å². The van der Waals surface area contributed by atoms with Crippen LogP contribution >= 0.6 is 0 Å². The fourth-order valence-electron chi connectivity index (χ4n) is 2.45. The lowest BCUT2D eigenvalue weighted by atomic mass is 10.00. The number of hydrogen-bond acceptors (Lipinski definition) is 5. The Kier molecular flexibility index (Phi) is 5.09. The minimum absolute atomic E-state index is 0.295.